The Balaban J connectivity index is 1.41. The highest BCUT2D eigenvalue weighted by Crippen LogP contribution is 2.21. The van der Waals surface area contributed by atoms with Crippen molar-refractivity contribution in [3.8, 4) is 0 Å². The Morgan fingerprint density at radius 3 is 2.92 bits per heavy atom. The Labute approximate surface area is 142 Å². The average Bonchev–Trinajstić information content (AvgIpc) is 3.14. The quantitative estimate of drug-likeness (QED) is 0.882. The van der Waals surface area contributed by atoms with Crippen LogP contribution in [0.2, 0.25) is 0 Å². The Kier molecular flexibility index (Phi) is 5.46. The van der Waals surface area contributed by atoms with Crippen molar-refractivity contribution in [1.82, 2.24) is 15.3 Å². The van der Waals surface area contributed by atoms with E-state index in [4.69, 9.17) is 4.42 Å². The molecular weight excluding hydrogens is 304 g/mol. The summed E-state index contributed by atoms with van der Waals surface area (Å²) in [5, 5.41) is 3.14. The molecular formula is C18H24N4O2. The zero-order valence-electron chi connectivity index (χ0n) is 14.0. The molecule has 6 heteroatoms. The summed E-state index contributed by atoms with van der Waals surface area (Å²) in [4.78, 5) is 23.1. The second-order valence-corrected chi connectivity index (χ2v) is 6.35. The molecule has 1 saturated heterocycles. The van der Waals surface area contributed by atoms with Crippen LogP contribution in [-0.2, 0) is 11.2 Å². The molecule has 1 aliphatic heterocycles. The number of carbonyl (C=O) groups is 1. The van der Waals surface area contributed by atoms with Gasteiger partial charge in [0, 0.05) is 43.9 Å². The molecule has 3 heterocycles. The van der Waals surface area contributed by atoms with Gasteiger partial charge in [-0.25, -0.2) is 4.98 Å². The van der Waals surface area contributed by atoms with Gasteiger partial charge in [-0.1, -0.05) is 0 Å². The Bertz CT molecular complexity index is 622. The smallest absolute Gasteiger partial charge is 0.223 e. The number of hydrogen-bond donors (Lipinski definition) is 1. The molecule has 1 amide bonds. The highest BCUT2D eigenvalue weighted by molar-refractivity contribution is 5.79. The highest BCUT2D eigenvalue weighted by atomic mass is 16.3. The van der Waals surface area contributed by atoms with Crippen LogP contribution in [0, 0.1) is 5.92 Å². The second-order valence-electron chi connectivity index (χ2n) is 6.35. The third-order valence-corrected chi connectivity index (χ3v) is 4.53. The first-order valence-corrected chi connectivity index (χ1v) is 8.56. The minimum Gasteiger partial charge on any atom is -0.469 e. The monoisotopic (exact) mass is 328 g/mol. The lowest BCUT2D eigenvalue weighted by molar-refractivity contribution is -0.126. The molecule has 0 aliphatic carbocycles. The minimum absolute atomic E-state index is 0.0870. The van der Waals surface area contributed by atoms with Gasteiger partial charge in [-0.2, -0.15) is 0 Å². The summed E-state index contributed by atoms with van der Waals surface area (Å²) in [7, 11) is 0. The predicted octanol–water partition coefficient (Wildman–Crippen LogP) is 2.42. The number of hydrogen-bond acceptors (Lipinski definition) is 5. The first-order chi connectivity index (χ1) is 11.7. The third-order valence-electron chi connectivity index (χ3n) is 4.53. The zero-order valence-corrected chi connectivity index (χ0v) is 14.0. The molecule has 2 aromatic heterocycles. The number of nitrogens with zero attached hydrogens (tertiary/aromatic N) is 3. The van der Waals surface area contributed by atoms with E-state index >= 15 is 0 Å². The van der Waals surface area contributed by atoms with Crippen LogP contribution in [-0.4, -0.2) is 35.0 Å². The summed E-state index contributed by atoms with van der Waals surface area (Å²) in [5.41, 5.74) is 0. The lowest BCUT2D eigenvalue weighted by atomic mass is 9.95. The number of furan rings is 1. The van der Waals surface area contributed by atoms with Gasteiger partial charge in [-0.3, -0.25) is 9.78 Å². The van der Waals surface area contributed by atoms with E-state index in [0.29, 0.717) is 0 Å². The topological polar surface area (TPSA) is 71.3 Å². The molecule has 3 rings (SSSR count). The molecule has 1 fully saturated rings. The van der Waals surface area contributed by atoms with Crippen molar-refractivity contribution >= 4 is 11.7 Å². The first-order valence-electron chi connectivity index (χ1n) is 8.56. The molecule has 1 N–H and O–H groups in total. The summed E-state index contributed by atoms with van der Waals surface area (Å²) in [6.45, 7) is 3.74. The molecule has 0 saturated carbocycles. The first kappa shape index (κ1) is 16.5. The number of carbonyl (C=O) groups excluding carboxylic acids is 1. The number of aromatic nitrogens is 2. The normalized spacial score (nSPS) is 16.8. The Morgan fingerprint density at radius 2 is 2.25 bits per heavy atom. The number of aryl methyl sites for hydroxylation is 1. The molecule has 1 aliphatic rings. The van der Waals surface area contributed by atoms with E-state index in [9.17, 15) is 4.79 Å². The van der Waals surface area contributed by atoms with E-state index in [1.807, 2.05) is 12.1 Å². The van der Waals surface area contributed by atoms with Crippen LogP contribution in [0.1, 0.15) is 31.9 Å². The largest absolute Gasteiger partial charge is 0.469 e. The predicted molar refractivity (Wildman–Crippen MR) is 91.6 cm³/mol. The molecule has 128 valence electrons. The van der Waals surface area contributed by atoms with Crippen molar-refractivity contribution in [3.63, 3.8) is 0 Å². The summed E-state index contributed by atoms with van der Waals surface area (Å²) >= 11 is 0. The second kappa shape index (κ2) is 7.95. The summed E-state index contributed by atoms with van der Waals surface area (Å²) in [6, 6.07) is 4.01. The molecule has 6 nitrogen and oxygen atoms in total. The Hall–Kier alpha value is -2.37. The van der Waals surface area contributed by atoms with E-state index < -0.39 is 0 Å². The van der Waals surface area contributed by atoms with Gasteiger partial charge >= 0.3 is 0 Å². The lowest BCUT2D eigenvalue weighted by Gasteiger charge is -2.32. The van der Waals surface area contributed by atoms with E-state index in [1.54, 1.807) is 24.9 Å². The van der Waals surface area contributed by atoms with Gasteiger partial charge in [0.2, 0.25) is 5.91 Å². The van der Waals surface area contributed by atoms with Crippen molar-refractivity contribution in [1.29, 1.82) is 0 Å². The average molecular weight is 328 g/mol. The third kappa shape index (κ3) is 4.34. The van der Waals surface area contributed by atoms with Crippen molar-refractivity contribution < 1.29 is 9.21 Å². The number of amides is 1. The van der Waals surface area contributed by atoms with Crippen molar-refractivity contribution in [2.45, 2.75) is 38.6 Å². The van der Waals surface area contributed by atoms with Crippen LogP contribution in [0.3, 0.4) is 0 Å². The van der Waals surface area contributed by atoms with Gasteiger partial charge in [0.25, 0.3) is 0 Å². The molecule has 0 radical (unpaired) electrons. The van der Waals surface area contributed by atoms with Gasteiger partial charge in [0.1, 0.15) is 11.6 Å². The maximum Gasteiger partial charge on any atom is 0.223 e. The standard InChI is InChI=1S/C18H24N4O2/c1-14(4-5-16-3-2-12-24-16)21-18(23)15-6-10-22(11-7-15)17-13-19-8-9-20-17/h2-3,8-9,12-15H,4-7,10-11H2,1H3,(H,21,23). The minimum atomic E-state index is 0.0870. The Morgan fingerprint density at radius 1 is 1.42 bits per heavy atom. The van der Waals surface area contributed by atoms with E-state index in [0.717, 1.165) is 50.4 Å². The summed E-state index contributed by atoms with van der Waals surface area (Å²) in [6.07, 6.45) is 10.3. The van der Waals surface area contributed by atoms with Crippen molar-refractivity contribution in [2.24, 2.45) is 5.92 Å². The molecule has 0 bridgehead atoms. The molecule has 24 heavy (non-hydrogen) atoms. The van der Waals surface area contributed by atoms with Gasteiger partial charge in [-0.15, -0.1) is 0 Å². The van der Waals surface area contributed by atoms with Crippen LogP contribution in [0.5, 0.6) is 0 Å². The van der Waals surface area contributed by atoms with E-state index in [1.165, 1.54) is 0 Å². The lowest BCUT2D eigenvalue weighted by Crippen LogP contribution is -2.43. The fourth-order valence-corrected chi connectivity index (χ4v) is 3.07. The van der Waals surface area contributed by atoms with Crippen LogP contribution in [0.4, 0.5) is 5.82 Å². The van der Waals surface area contributed by atoms with E-state index in [2.05, 4.69) is 27.1 Å². The molecule has 0 aromatic carbocycles. The SMILES string of the molecule is CC(CCc1ccco1)NC(=O)C1CCN(c2cnccn2)CC1. The van der Waals surface area contributed by atoms with Crippen molar-refractivity contribution in [2.75, 3.05) is 18.0 Å². The van der Waals surface area contributed by atoms with E-state index in [-0.39, 0.29) is 17.9 Å². The molecule has 1 atom stereocenters. The molecule has 0 spiro atoms. The number of anilines is 1. The van der Waals surface area contributed by atoms with Gasteiger partial charge in [0.05, 0.1) is 12.5 Å². The molecule has 1 unspecified atom stereocenters. The van der Waals surface area contributed by atoms with Crippen LogP contribution >= 0.6 is 0 Å². The van der Waals surface area contributed by atoms with Crippen LogP contribution in [0.15, 0.2) is 41.4 Å². The fraction of sp³-hybridized carbons (Fsp3) is 0.500. The highest BCUT2D eigenvalue weighted by Gasteiger charge is 2.26. The maximum atomic E-state index is 12.4. The van der Waals surface area contributed by atoms with Crippen molar-refractivity contribution in [3.05, 3.63) is 42.7 Å². The van der Waals surface area contributed by atoms with Gasteiger partial charge in [-0.05, 0) is 38.3 Å². The number of piperidine rings is 1. The summed E-state index contributed by atoms with van der Waals surface area (Å²) < 4.78 is 5.33. The van der Waals surface area contributed by atoms with Crippen LogP contribution < -0.4 is 10.2 Å². The fourth-order valence-electron chi connectivity index (χ4n) is 3.07. The van der Waals surface area contributed by atoms with Gasteiger partial charge in [0.15, 0.2) is 0 Å². The molecule has 2 aromatic rings. The van der Waals surface area contributed by atoms with Crippen LogP contribution in [0.25, 0.3) is 0 Å². The number of rotatable bonds is 6. The maximum absolute atomic E-state index is 12.4. The summed E-state index contributed by atoms with van der Waals surface area (Å²) in [5.74, 6) is 2.11. The number of nitrogens with one attached hydrogen (secondary N) is 1. The zero-order chi connectivity index (χ0) is 16.8. The van der Waals surface area contributed by atoms with Gasteiger partial charge < -0.3 is 14.6 Å².